The number of aliphatic imine (C=N–C) groups is 1. The van der Waals surface area contributed by atoms with Crippen LogP contribution in [0.3, 0.4) is 0 Å². The summed E-state index contributed by atoms with van der Waals surface area (Å²) in [6, 6.07) is 26.4. The predicted octanol–water partition coefficient (Wildman–Crippen LogP) is 4.12. The van der Waals surface area contributed by atoms with Gasteiger partial charge in [0.2, 0.25) is 0 Å². The second-order valence-electron chi connectivity index (χ2n) is 4.72. The van der Waals surface area contributed by atoms with Gasteiger partial charge >= 0.3 is 0 Å². The summed E-state index contributed by atoms with van der Waals surface area (Å²) in [6.45, 7) is 0.583. The van der Waals surface area contributed by atoms with Gasteiger partial charge in [0.15, 0.2) is 0 Å². The van der Waals surface area contributed by atoms with Crippen LogP contribution in [0.15, 0.2) is 90.1 Å². The SMILES string of the molecule is c1ccc(C(=NCc2ccccn2)c2ccccc2)cc1. The molecule has 2 aromatic carbocycles. The molecule has 3 aromatic rings. The molecule has 0 saturated heterocycles. The molecule has 0 spiro atoms. The third-order valence-electron chi connectivity index (χ3n) is 3.22. The smallest absolute Gasteiger partial charge is 0.0819 e. The average Bonchev–Trinajstić information content (AvgIpc) is 2.58. The Morgan fingerprint density at radius 2 is 1.29 bits per heavy atom. The van der Waals surface area contributed by atoms with Crippen LogP contribution in [-0.4, -0.2) is 10.7 Å². The highest BCUT2D eigenvalue weighted by atomic mass is 14.8. The molecule has 1 aromatic heterocycles. The first-order valence-electron chi connectivity index (χ1n) is 6.99. The van der Waals surface area contributed by atoms with E-state index in [0.29, 0.717) is 6.54 Å². The van der Waals surface area contributed by atoms with Crippen LogP contribution in [0, 0.1) is 0 Å². The Morgan fingerprint density at radius 3 is 1.81 bits per heavy atom. The summed E-state index contributed by atoms with van der Waals surface area (Å²) in [5.74, 6) is 0. The van der Waals surface area contributed by atoms with E-state index >= 15 is 0 Å². The number of hydrogen-bond acceptors (Lipinski definition) is 2. The lowest BCUT2D eigenvalue weighted by atomic mass is 10.0. The van der Waals surface area contributed by atoms with E-state index in [2.05, 4.69) is 29.2 Å². The van der Waals surface area contributed by atoms with Crippen molar-refractivity contribution in [3.05, 3.63) is 102 Å². The van der Waals surface area contributed by atoms with Crippen LogP contribution in [0.5, 0.6) is 0 Å². The van der Waals surface area contributed by atoms with Crippen LogP contribution in [0.1, 0.15) is 16.8 Å². The van der Waals surface area contributed by atoms with E-state index in [1.807, 2.05) is 54.6 Å². The molecule has 0 aliphatic heterocycles. The number of pyridine rings is 1. The summed E-state index contributed by atoms with van der Waals surface area (Å²) in [5.41, 5.74) is 4.22. The van der Waals surface area contributed by atoms with Gasteiger partial charge in [0, 0.05) is 17.3 Å². The minimum Gasteiger partial charge on any atom is -0.278 e. The summed E-state index contributed by atoms with van der Waals surface area (Å²) in [7, 11) is 0. The van der Waals surface area contributed by atoms with Gasteiger partial charge in [-0.1, -0.05) is 66.7 Å². The van der Waals surface area contributed by atoms with Crippen LogP contribution in [0.25, 0.3) is 0 Å². The van der Waals surface area contributed by atoms with E-state index in [-0.39, 0.29) is 0 Å². The number of hydrogen-bond donors (Lipinski definition) is 0. The van der Waals surface area contributed by atoms with Gasteiger partial charge in [-0.15, -0.1) is 0 Å². The van der Waals surface area contributed by atoms with E-state index in [0.717, 1.165) is 22.5 Å². The molecule has 0 aliphatic carbocycles. The molecule has 0 atom stereocenters. The van der Waals surface area contributed by atoms with Crippen molar-refractivity contribution in [3.8, 4) is 0 Å². The summed E-state index contributed by atoms with van der Waals surface area (Å²) in [5, 5.41) is 0. The third kappa shape index (κ3) is 3.42. The lowest BCUT2D eigenvalue weighted by Crippen LogP contribution is -2.04. The zero-order valence-electron chi connectivity index (χ0n) is 11.7. The van der Waals surface area contributed by atoms with Crippen molar-refractivity contribution < 1.29 is 0 Å². The molecule has 0 amide bonds. The van der Waals surface area contributed by atoms with Crippen molar-refractivity contribution in [1.29, 1.82) is 0 Å². The van der Waals surface area contributed by atoms with Gasteiger partial charge in [-0.05, 0) is 12.1 Å². The maximum Gasteiger partial charge on any atom is 0.0819 e. The van der Waals surface area contributed by atoms with Crippen LogP contribution < -0.4 is 0 Å². The van der Waals surface area contributed by atoms with Crippen molar-refractivity contribution >= 4 is 5.71 Å². The maximum atomic E-state index is 4.79. The van der Waals surface area contributed by atoms with Crippen LogP contribution >= 0.6 is 0 Å². The number of rotatable bonds is 4. The Balaban J connectivity index is 1.97. The maximum absolute atomic E-state index is 4.79. The lowest BCUT2D eigenvalue weighted by molar-refractivity contribution is 0.990. The summed E-state index contributed by atoms with van der Waals surface area (Å²) >= 11 is 0. The van der Waals surface area contributed by atoms with Crippen molar-refractivity contribution in [1.82, 2.24) is 4.98 Å². The zero-order chi connectivity index (χ0) is 14.3. The molecule has 21 heavy (non-hydrogen) atoms. The normalized spacial score (nSPS) is 10.1. The molecule has 102 valence electrons. The van der Waals surface area contributed by atoms with Gasteiger partial charge in [-0.2, -0.15) is 0 Å². The average molecular weight is 272 g/mol. The van der Waals surface area contributed by atoms with Gasteiger partial charge < -0.3 is 0 Å². The highest BCUT2D eigenvalue weighted by Crippen LogP contribution is 2.12. The topological polar surface area (TPSA) is 25.2 Å². The number of aromatic nitrogens is 1. The minimum absolute atomic E-state index is 0.583. The number of nitrogens with zero attached hydrogens (tertiary/aromatic N) is 2. The Kier molecular flexibility index (Phi) is 4.18. The lowest BCUT2D eigenvalue weighted by Gasteiger charge is -2.07. The van der Waals surface area contributed by atoms with Crippen molar-refractivity contribution in [2.75, 3.05) is 0 Å². The highest BCUT2D eigenvalue weighted by molar-refractivity contribution is 6.12. The first-order valence-corrected chi connectivity index (χ1v) is 6.99. The summed E-state index contributed by atoms with van der Waals surface area (Å²) in [4.78, 5) is 9.12. The molecule has 0 unspecified atom stereocenters. The van der Waals surface area contributed by atoms with Crippen LogP contribution in [-0.2, 0) is 6.54 Å². The van der Waals surface area contributed by atoms with Gasteiger partial charge in [-0.3, -0.25) is 9.98 Å². The summed E-state index contributed by atoms with van der Waals surface area (Å²) in [6.07, 6.45) is 1.80. The monoisotopic (exact) mass is 272 g/mol. The van der Waals surface area contributed by atoms with Gasteiger partial charge in [0.25, 0.3) is 0 Å². The largest absolute Gasteiger partial charge is 0.278 e. The second-order valence-corrected chi connectivity index (χ2v) is 4.72. The fourth-order valence-corrected chi connectivity index (χ4v) is 2.19. The van der Waals surface area contributed by atoms with E-state index < -0.39 is 0 Å². The van der Waals surface area contributed by atoms with Gasteiger partial charge in [0.05, 0.1) is 18.0 Å². The number of benzene rings is 2. The fourth-order valence-electron chi connectivity index (χ4n) is 2.19. The molecule has 0 radical (unpaired) electrons. The Morgan fingerprint density at radius 1 is 0.714 bits per heavy atom. The Bertz CT molecular complexity index is 663. The van der Waals surface area contributed by atoms with E-state index in [1.54, 1.807) is 6.20 Å². The van der Waals surface area contributed by atoms with Crippen molar-refractivity contribution in [2.45, 2.75) is 6.54 Å². The van der Waals surface area contributed by atoms with Crippen molar-refractivity contribution in [3.63, 3.8) is 0 Å². The third-order valence-corrected chi connectivity index (χ3v) is 3.22. The molecule has 0 bridgehead atoms. The second kappa shape index (κ2) is 6.62. The van der Waals surface area contributed by atoms with Gasteiger partial charge in [-0.25, -0.2) is 0 Å². The molecule has 3 rings (SSSR count). The minimum atomic E-state index is 0.583. The Hall–Kier alpha value is -2.74. The predicted molar refractivity (Wildman–Crippen MR) is 86.5 cm³/mol. The Labute approximate surface area is 124 Å². The van der Waals surface area contributed by atoms with E-state index in [9.17, 15) is 0 Å². The molecular weight excluding hydrogens is 256 g/mol. The van der Waals surface area contributed by atoms with Crippen LogP contribution in [0.2, 0.25) is 0 Å². The highest BCUT2D eigenvalue weighted by Gasteiger charge is 2.05. The zero-order valence-corrected chi connectivity index (χ0v) is 11.7. The first kappa shape index (κ1) is 13.3. The molecular formula is C19H16N2. The molecule has 0 N–H and O–H groups in total. The van der Waals surface area contributed by atoms with E-state index in [4.69, 9.17) is 4.99 Å². The molecule has 2 heteroatoms. The molecule has 2 nitrogen and oxygen atoms in total. The molecule has 0 saturated carbocycles. The first-order chi connectivity index (χ1) is 10.4. The van der Waals surface area contributed by atoms with E-state index in [1.165, 1.54) is 0 Å². The fraction of sp³-hybridized carbons (Fsp3) is 0.0526. The van der Waals surface area contributed by atoms with Gasteiger partial charge in [0.1, 0.15) is 0 Å². The summed E-state index contributed by atoms with van der Waals surface area (Å²) < 4.78 is 0. The molecule has 1 heterocycles. The van der Waals surface area contributed by atoms with Crippen molar-refractivity contribution in [2.24, 2.45) is 4.99 Å². The molecule has 0 fully saturated rings. The quantitative estimate of drug-likeness (QED) is 0.656. The van der Waals surface area contributed by atoms with Crippen LogP contribution in [0.4, 0.5) is 0 Å². The standard InChI is InChI=1S/C19H16N2/c1-3-9-16(10-4-1)19(17-11-5-2-6-12-17)21-15-18-13-7-8-14-20-18/h1-14H,15H2. The molecule has 0 aliphatic rings.